The van der Waals surface area contributed by atoms with Gasteiger partial charge in [-0.05, 0) is 18.6 Å². The molecule has 86 valence electrons. The SMILES string of the molecule is COc1ccc(OC)c2c1OCCCC2=O. The molecule has 1 aromatic carbocycles. The Hall–Kier alpha value is -1.71. The van der Waals surface area contributed by atoms with Crippen LogP contribution in [0.25, 0.3) is 0 Å². The predicted octanol–water partition coefficient (Wildman–Crippen LogP) is 2.06. The zero-order valence-corrected chi connectivity index (χ0v) is 9.41. The molecular formula is C12H14O4. The summed E-state index contributed by atoms with van der Waals surface area (Å²) in [6.07, 6.45) is 1.20. The lowest BCUT2D eigenvalue weighted by Gasteiger charge is -2.13. The van der Waals surface area contributed by atoms with Crippen molar-refractivity contribution >= 4 is 5.78 Å². The van der Waals surface area contributed by atoms with E-state index in [9.17, 15) is 4.79 Å². The van der Waals surface area contributed by atoms with Gasteiger partial charge >= 0.3 is 0 Å². The molecule has 16 heavy (non-hydrogen) atoms. The number of ketones is 1. The van der Waals surface area contributed by atoms with Gasteiger partial charge in [-0.2, -0.15) is 0 Å². The first-order valence-electron chi connectivity index (χ1n) is 5.19. The average molecular weight is 222 g/mol. The van der Waals surface area contributed by atoms with Crippen molar-refractivity contribution in [2.75, 3.05) is 20.8 Å². The molecule has 0 atom stereocenters. The molecule has 4 heteroatoms. The maximum atomic E-state index is 11.9. The molecule has 0 radical (unpaired) electrons. The van der Waals surface area contributed by atoms with Crippen molar-refractivity contribution in [3.8, 4) is 17.2 Å². The van der Waals surface area contributed by atoms with Crippen LogP contribution in [0, 0.1) is 0 Å². The number of carbonyl (C=O) groups excluding carboxylic acids is 1. The lowest BCUT2D eigenvalue weighted by atomic mass is 10.0. The summed E-state index contributed by atoms with van der Waals surface area (Å²) in [6, 6.07) is 3.47. The normalized spacial score (nSPS) is 14.8. The molecule has 1 aromatic rings. The Balaban J connectivity index is 2.61. The molecule has 1 aliphatic heterocycles. The minimum absolute atomic E-state index is 0.0447. The van der Waals surface area contributed by atoms with E-state index < -0.39 is 0 Å². The summed E-state index contributed by atoms with van der Waals surface area (Å²) in [6.45, 7) is 0.530. The van der Waals surface area contributed by atoms with Crippen LogP contribution in [0.2, 0.25) is 0 Å². The smallest absolute Gasteiger partial charge is 0.175 e. The van der Waals surface area contributed by atoms with E-state index in [2.05, 4.69) is 0 Å². The highest BCUT2D eigenvalue weighted by Crippen LogP contribution is 2.39. The van der Waals surface area contributed by atoms with E-state index in [4.69, 9.17) is 14.2 Å². The third kappa shape index (κ3) is 1.71. The van der Waals surface area contributed by atoms with Gasteiger partial charge in [-0.1, -0.05) is 0 Å². The standard InChI is InChI=1S/C12H14O4/c1-14-9-5-6-10(15-2)12-11(9)8(13)4-3-7-16-12/h5-6H,3-4,7H2,1-2H3. The van der Waals surface area contributed by atoms with Gasteiger partial charge in [0.25, 0.3) is 0 Å². The minimum Gasteiger partial charge on any atom is -0.496 e. The second-order valence-corrected chi connectivity index (χ2v) is 3.55. The summed E-state index contributed by atoms with van der Waals surface area (Å²) in [7, 11) is 3.10. The van der Waals surface area contributed by atoms with E-state index in [0.29, 0.717) is 35.8 Å². The van der Waals surface area contributed by atoms with Gasteiger partial charge in [0, 0.05) is 6.42 Å². The molecule has 1 aliphatic rings. The lowest BCUT2D eigenvalue weighted by Crippen LogP contribution is -2.03. The fraction of sp³-hybridized carbons (Fsp3) is 0.417. The number of fused-ring (bicyclic) bond motifs is 1. The molecule has 0 amide bonds. The third-order valence-corrected chi connectivity index (χ3v) is 2.60. The number of methoxy groups -OCH3 is 2. The molecule has 0 spiro atoms. The molecule has 0 saturated heterocycles. The summed E-state index contributed by atoms with van der Waals surface area (Å²) in [5.74, 6) is 1.67. The van der Waals surface area contributed by atoms with Crippen molar-refractivity contribution < 1.29 is 19.0 Å². The highest BCUT2D eigenvalue weighted by Gasteiger charge is 2.24. The van der Waals surface area contributed by atoms with Gasteiger partial charge in [-0.15, -0.1) is 0 Å². The molecule has 4 nitrogen and oxygen atoms in total. The molecule has 0 N–H and O–H groups in total. The molecule has 2 rings (SSSR count). The van der Waals surface area contributed by atoms with E-state index in [1.165, 1.54) is 0 Å². The van der Waals surface area contributed by atoms with Gasteiger partial charge in [-0.3, -0.25) is 4.79 Å². The fourth-order valence-electron chi connectivity index (χ4n) is 1.82. The van der Waals surface area contributed by atoms with Crippen LogP contribution >= 0.6 is 0 Å². The number of hydrogen-bond acceptors (Lipinski definition) is 4. The second kappa shape index (κ2) is 4.43. The summed E-state index contributed by atoms with van der Waals surface area (Å²) >= 11 is 0. The van der Waals surface area contributed by atoms with E-state index in [1.54, 1.807) is 26.4 Å². The second-order valence-electron chi connectivity index (χ2n) is 3.55. The molecule has 0 unspecified atom stereocenters. The van der Waals surface area contributed by atoms with Gasteiger partial charge in [0.15, 0.2) is 17.3 Å². The van der Waals surface area contributed by atoms with Crippen molar-refractivity contribution in [2.45, 2.75) is 12.8 Å². The Labute approximate surface area is 94.1 Å². The molecule has 0 saturated carbocycles. The maximum absolute atomic E-state index is 11.9. The Morgan fingerprint density at radius 3 is 2.56 bits per heavy atom. The number of rotatable bonds is 2. The van der Waals surface area contributed by atoms with Gasteiger partial charge in [0.1, 0.15) is 11.3 Å². The maximum Gasteiger partial charge on any atom is 0.175 e. The Morgan fingerprint density at radius 2 is 1.88 bits per heavy atom. The largest absolute Gasteiger partial charge is 0.496 e. The van der Waals surface area contributed by atoms with Crippen molar-refractivity contribution in [3.63, 3.8) is 0 Å². The Morgan fingerprint density at radius 1 is 1.19 bits per heavy atom. The average Bonchev–Trinajstić information content (AvgIpc) is 2.51. The lowest BCUT2D eigenvalue weighted by molar-refractivity contribution is 0.0980. The van der Waals surface area contributed by atoms with E-state index in [-0.39, 0.29) is 5.78 Å². The van der Waals surface area contributed by atoms with E-state index in [0.717, 1.165) is 6.42 Å². The molecule has 0 bridgehead atoms. The number of benzene rings is 1. The molecule has 0 aliphatic carbocycles. The zero-order valence-electron chi connectivity index (χ0n) is 9.41. The predicted molar refractivity (Wildman–Crippen MR) is 58.6 cm³/mol. The first kappa shape index (κ1) is 10.8. The van der Waals surface area contributed by atoms with Crippen molar-refractivity contribution in [1.82, 2.24) is 0 Å². The van der Waals surface area contributed by atoms with Gasteiger partial charge in [0.2, 0.25) is 0 Å². The van der Waals surface area contributed by atoms with Crippen molar-refractivity contribution in [2.24, 2.45) is 0 Å². The van der Waals surface area contributed by atoms with Crippen LogP contribution in [0.15, 0.2) is 12.1 Å². The summed E-state index contributed by atoms with van der Waals surface area (Å²) in [4.78, 5) is 11.9. The highest BCUT2D eigenvalue weighted by molar-refractivity contribution is 6.02. The summed E-state index contributed by atoms with van der Waals surface area (Å²) in [5, 5.41) is 0. The van der Waals surface area contributed by atoms with Crippen LogP contribution in [0.1, 0.15) is 23.2 Å². The van der Waals surface area contributed by atoms with Crippen LogP contribution in [0.3, 0.4) is 0 Å². The van der Waals surface area contributed by atoms with Crippen LogP contribution in [-0.4, -0.2) is 26.6 Å². The minimum atomic E-state index is 0.0447. The van der Waals surface area contributed by atoms with Crippen molar-refractivity contribution in [3.05, 3.63) is 17.7 Å². The van der Waals surface area contributed by atoms with Crippen LogP contribution in [-0.2, 0) is 0 Å². The number of hydrogen-bond donors (Lipinski definition) is 0. The highest BCUT2D eigenvalue weighted by atomic mass is 16.5. The van der Waals surface area contributed by atoms with Gasteiger partial charge in [-0.25, -0.2) is 0 Å². The molecule has 0 aromatic heterocycles. The Bertz CT molecular complexity index is 412. The zero-order chi connectivity index (χ0) is 11.5. The molecule has 0 fully saturated rings. The van der Waals surface area contributed by atoms with Crippen LogP contribution in [0.4, 0.5) is 0 Å². The number of ether oxygens (including phenoxy) is 3. The topological polar surface area (TPSA) is 44.8 Å². The fourth-order valence-corrected chi connectivity index (χ4v) is 1.82. The van der Waals surface area contributed by atoms with Gasteiger partial charge in [0.05, 0.1) is 20.8 Å². The summed E-state index contributed by atoms with van der Waals surface area (Å²) < 4.78 is 15.9. The monoisotopic (exact) mass is 222 g/mol. The molecule has 1 heterocycles. The van der Waals surface area contributed by atoms with Crippen LogP contribution < -0.4 is 14.2 Å². The number of carbonyl (C=O) groups is 1. The molecular weight excluding hydrogens is 208 g/mol. The third-order valence-electron chi connectivity index (χ3n) is 2.60. The summed E-state index contributed by atoms with van der Waals surface area (Å²) in [5.41, 5.74) is 0.499. The Kier molecular flexibility index (Phi) is 2.99. The van der Waals surface area contributed by atoms with E-state index >= 15 is 0 Å². The van der Waals surface area contributed by atoms with Gasteiger partial charge < -0.3 is 14.2 Å². The van der Waals surface area contributed by atoms with Crippen LogP contribution in [0.5, 0.6) is 17.2 Å². The quantitative estimate of drug-likeness (QED) is 0.768. The first-order valence-corrected chi connectivity index (χ1v) is 5.19. The first-order chi connectivity index (χ1) is 7.77. The van der Waals surface area contributed by atoms with Crippen molar-refractivity contribution in [1.29, 1.82) is 0 Å². The number of Topliss-reactive ketones (excluding diaryl/α,β-unsaturated/α-hetero) is 1. The van der Waals surface area contributed by atoms with E-state index in [1.807, 2.05) is 0 Å².